The number of imide groups is 1. The molecule has 0 saturated heterocycles. The molecule has 3 N–H and O–H groups in total. The van der Waals surface area contributed by atoms with E-state index in [9.17, 15) is 19.5 Å². The van der Waals surface area contributed by atoms with E-state index in [2.05, 4.69) is 5.32 Å². The largest absolute Gasteiger partial charge is 0.394 e. The Labute approximate surface area is 159 Å². The van der Waals surface area contributed by atoms with Gasteiger partial charge < -0.3 is 25.0 Å². The number of carbonyl (C=O) groups is 3. The molecule has 1 heterocycles. The van der Waals surface area contributed by atoms with Crippen molar-refractivity contribution in [2.24, 2.45) is 0 Å². The zero-order valence-electron chi connectivity index (χ0n) is 16.0. The number of nitrogens with zero attached hydrogens (tertiary/aromatic N) is 1. The van der Waals surface area contributed by atoms with Gasteiger partial charge in [-0.25, -0.2) is 0 Å². The quantitative estimate of drug-likeness (QED) is 0.213. The second kappa shape index (κ2) is 11.8. The smallest absolute Gasteiger partial charge is 0.253 e. The predicted molar refractivity (Wildman–Crippen MR) is 96.4 cm³/mol. The third kappa shape index (κ3) is 8.61. The molecule has 27 heavy (non-hydrogen) atoms. The van der Waals surface area contributed by atoms with E-state index in [1.54, 1.807) is 13.8 Å². The summed E-state index contributed by atoms with van der Waals surface area (Å²) >= 11 is 0. The fourth-order valence-electron chi connectivity index (χ4n) is 2.51. The number of ether oxygens (including phenoxy) is 2. The van der Waals surface area contributed by atoms with Crippen LogP contribution in [0.25, 0.3) is 0 Å². The molecule has 9 heteroatoms. The van der Waals surface area contributed by atoms with Crippen LogP contribution >= 0.6 is 0 Å². The first-order chi connectivity index (χ1) is 12.8. The first-order valence-corrected chi connectivity index (χ1v) is 9.15. The standard InChI is InChI=1S/C18H30N2O7/c1-14(12-21)27-18(2,13-22)26-11-9-19-15(23)6-4-3-5-10-20-16(24)7-8-17(20)25/h7-8,14,21-22H,3-6,9-13H2,1-2H3,(H,19,23). The summed E-state index contributed by atoms with van der Waals surface area (Å²) < 4.78 is 10.8. The normalized spacial score (nSPS) is 17.3. The van der Waals surface area contributed by atoms with Gasteiger partial charge in [0.15, 0.2) is 5.79 Å². The number of amides is 3. The van der Waals surface area contributed by atoms with Crippen LogP contribution in [-0.2, 0) is 23.9 Å². The van der Waals surface area contributed by atoms with E-state index in [4.69, 9.17) is 14.6 Å². The molecule has 154 valence electrons. The van der Waals surface area contributed by atoms with Crippen LogP contribution in [0.15, 0.2) is 12.2 Å². The Morgan fingerprint density at radius 3 is 2.48 bits per heavy atom. The summed E-state index contributed by atoms with van der Waals surface area (Å²) in [5.41, 5.74) is 0. The van der Waals surface area contributed by atoms with Gasteiger partial charge in [-0.1, -0.05) is 6.42 Å². The Hall–Kier alpha value is -1.81. The summed E-state index contributed by atoms with van der Waals surface area (Å²) in [6.45, 7) is 3.46. The second-order valence-corrected chi connectivity index (χ2v) is 6.57. The number of nitrogens with one attached hydrogen (secondary N) is 1. The van der Waals surface area contributed by atoms with Gasteiger partial charge in [0.2, 0.25) is 5.91 Å². The van der Waals surface area contributed by atoms with Crippen LogP contribution in [0.1, 0.15) is 39.5 Å². The third-order valence-corrected chi connectivity index (χ3v) is 4.01. The van der Waals surface area contributed by atoms with E-state index in [0.29, 0.717) is 25.8 Å². The van der Waals surface area contributed by atoms with E-state index in [1.807, 2.05) is 0 Å². The van der Waals surface area contributed by atoms with Gasteiger partial charge in [0.05, 0.1) is 25.9 Å². The molecular weight excluding hydrogens is 356 g/mol. The lowest BCUT2D eigenvalue weighted by molar-refractivity contribution is -0.264. The summed E-state index contributed by atoms with van der Waals surface area (Å²) in [4.78, 5) is 35.7. The number of aliphatic hydroxyl groups excluding tert-OH is 2. The molecule has 0 bridgehead atoms. The molecule has 0 saturated carbocycles. The minimum absolute atomic E-state index is 0.121. The maximum Gasteiger partial charge on any atom is 0.253 e. The average Bonchev–Trinajstić information content (AvgIpc) is 2.96. The number of hydrogen-bond donors (Lipinski definition) is 3. The Morgan fingerprint density at radius 2 is 1.89 bits per heavy atom. The van der Waals surface area contributed by atoms with Crippen molar-refractivity contribution in [3.8, 4) is 0 Å². The van der Waals surface area contributed by atoms with Gasteiger partial charge in [0, 0.05) is 31.7 Å². The minimum Gasteiger partial charge on any atom is -0.394 e. The van der Waals surface area contributed by atoms with Gasteiger partial charge in [-0.2, -0.15) is 0 Å². The molecule has 2 atom stereocenters. The van der Waals surface area contributed by atoms with Crippen molar-refractivity contribution in [1.82, 2.24) is 10.2 Å². The zero-order valence-corrected chi connectivity index (χ0v) is 16.0. The molecular formula is C18H30N2O7. The topological polar surface area (TPSA) is 125 Å². The van der Waals surface area contributed by atoms with Gasteiger partial charge in [0.1, 0.15) is 0 Å². The number of carbonyl (C=O) groups excluding carboxylic acids is 3. The molecule has 0 aromatic carbocycles. The van der Waals surface area contributed by atoms with Crippen molar-refractivity contribution in [2.75, 3.05) is 32.9 Å². The molecule has 1 aliphatic rings. The Bertz CT molecular complexity index is 520. The van der Waals surface area contributed by atoms with Gasteiger partial charge in [-0.3, -0.25) is 19.3 Å². The first-order valence-electron chi connectivity index (χ1n) is 9.15. The van der Waals surface area contributed by atoms with Crippen LogP contribution < -0.4 is 5.32 Å². The average molecular weight is 386 g/mol. The summed E-state index contributed by atoms with van der Waals surface area (Å²) in [5.74, 6) is -1.93. The molecule has 9 nitrogen and oxygen atoms in total. The fourth-order valence-corrected chi connectivity index (χ4v) is 2.51. The number of hydrogen-bond acceptors (Lipinski definition) is 7. The van der Waals surface area contributed by atoms with E-state index in [0.717, 1.165) is 6.42 Å². The van der Waals surface area contributed by atoms with E-state index in [-0.39, 0.29) is 44.1 Å². The molecule has 0 spiro atoms. The Morgan fingerprint density at radius 1 is 1.22 bits per heavy atom. The predicted octanol–water partition coefficient (Wildman–Crippen LogP) is -0.289. The van der Waals surface area contributed by atoms with E-state index < -0.39 is 11.9 Å². The monoisotopic (exact) mass is 386 g/mol. The van der Waals surface area contributed by atoms with Crippen molar-refractivity contribution in [2.45, 2.75) is 51.4 Å². The van der Waals surface area contributed by atoms with Gasteiger partial charge >= 0.3 is 0 Å². The van der Waals surface area contributed by atoms with Crippen molar-refractivity contribution < 1.29 is 34.1 Å². The molecule has 0 aliphatic carbocycles. The molecule has 1 aliphatic heterocycles. The highest BCUT2D eigenvalue weighted by Gasteiger charge is 2.27. The summed E-state index contributed by atoms with van der Waals surface area (Å²) in [6.07, 6.45) is 4.43. The molecule has 3 amide bonds. The van der Waals surface area contributed by atoms with Gasteiger partial charge in [0.25, 0.3) is 11.8 Å². The SMILES string of the molecule is CC(CO)OC(C)(CO)OCCNC(=O)CCCCCN1C(=O)C=CC1=O. The number of rotatable bonds is 14. The van der Waals surface area contributed by atoms with Crippen LogP contribution in [-0.4, -0.2) is 77.6 Å². The first kappa shape index (κ1) is 23.2. The zero-order chi connectivity index (χ0) is 20.3. The highest BCUT2D eigenvalue weighted by atomic mass is 16.7. The van der Waals surface area contributed by atoms with Gasteiger partial charge in [-0.15, -0.1) is 0 Å². The van der Waals surface area contributed by atoms with Crippen LogP contribution in [0.2, 0.25) is 0 Å². The lowest BCUT2D eigenvalue weighted by atomic mass is 10.2. The highest BCUT2D eigenvalue weighted by molar-refractivity contribution is 6.12. The van der Waals surface area contributed by atoms with E-state index >= 15 is 0 Å². The highest BCUT2D eigenvalue weighted by Crippen LogP contribution is 2.14. The Balaban J connectivity index is 2.08. The lowest BCUT2D eigenvalue weighted by Gasteiger charge is -2.30. The molecule has 0 aromatic rings. The van der Waals surface area contributed by atoms with Crippen LogP contribution in [0.5, 0.6) is 0 Å². The van der Waals surface area contributed by atoms with Gasteiger partial charge in [-0.05, 0) is 26.7 Å². The molecule has 0 fully saturated rings. The maximum absolute atomic E-state index is 11.8. The number of aliphatic hydroxyl groups is 2. The molecule has 2 unspecified atom stereocenters. The van der Waals surface area contributed by atoms with Crippen LogP contribution in [0, 0.1) is 0 Å². The maximum atomic E-state index is 11.8. The molecule has 0 radical (unpaired) electrons. The fraction of sp³-hybridized carbons (Fsp3) is 0.722. The molecule has 0 aromatic heterocycles. The second-order valence-electron chi connectivity index (χ2n) is 6.57. The van der Waals surface area contributed by atoms with Crippen molar-refractivity contribution in [3.05, 3.63) is 12.2 Å². The van der Waals surface area contributed by atoms with Crippen LogP contribution in [0.4, 0.5) is 0 Å². The van der Waals surface area contributed by atoms with Crippen LogP contribution in [0.3, 0.4) is 0 Å². The minimum atomic E-state index is -1.23. The van der Waals surface area contributed by atoms with Crippen molar-refractivity contribution >= 4 is 17.7 Å². The summed E-state index contributed by atoms with van der Waals surface area (Å²) in [6, 6.07) is 0. The van der Waals surface area contributed by atoms with Crippen molar-refractivity contribution in [1.29, 1.82) is 0 Å². The van der Waals surface area contributed by atoms with Crippen molar-refractivity contribution in [3.63, 3.8) is 0 Å². The Kier molecular flexibility index (Phi) is 10.2. The number of unbranched alkanes of at least 4 members (excludes halogenated alkanes) is 2. The lowest BCUT2D eigenvalue weighted by Crippen LogP contribution is -2.42. The third-order valence-electron chi connectivity index (χ3n) is 4.01. The summed E-state index contributed by atoms with van der Waals surface area (Å²) in [5, 5.41) is 21.0. The summed E-state index contributed by atoms with van der Waals surface area (Å²) in [7, 11) is 0. The molecule has 1 rings (SSSR count). The van der Waals surface area contributed by atoms with E-state index in [1.165, 1.54) is 17.1 Å².